The number of nitrogens with zero attached hydrogens (tertiary/aromatic N) is 3. The molecule has 0 atom stereocenters. The molecule has 0 N–H and O–H groups in total. The zero-order valence-corrected chi connectivity index (χ0v) is 20.0. The van der Waals surface area contributed by atoms with Crippen LogP contribution in [0.2, 0.25) is 0 Å². The van der Waals surface area contributed by atoms with Gasteiger partial charge in [0.15, 0.2) is 23.3 Å². The van der Waals surface area contributed by atoms with Gasteiger partial charge >= 0.3 is 0 Å². The second kappa shape index (κ2) is 11.2. The Morgan fingerprint density at radius 1 is 1.15 bits per heavy atom. The van der Waals surface area contributed by atoms with Crippen molar-refractivity contribution >= 4 is 40.5 Å². The summed E-state index contributed by atoms with van der Waals surface area (Å²) in [5.41, 5.74) is 1.59. The topological polar surface area (TPSA) is 80.7 Å². The summed E-state index contributed by atoms with van der Waals surface area (Å²) in [5.74, 6) is 0.787. The molecule has 2 aromatic rings. The molecule has 8 nitrogen and oxygen atoms in total. The first-order valence-corrected chi connectivity index (χ1v) is 11.9. The third-order valence-electron chi connectivity index (χ3n) is 5.39. The molecular formula is C25H27N3O5S. The van der Waals surface area contributed by atoms with Gasteiger partial charge in [0.25, 0.3) is 11.8 Å². The van der Waals surface area contributed by atoms with Crippen molar-refractivity contribution in [1.82, 2.24) is 9.80 Å². The van der Waals surface area contributed by atoms with Gasteiger partial charge < -0.3 is 19.1 Å². The molecule has 0 radical (unpaired) electrons. The van der Waals surface area contributed by atoms with E-state index >= 15 is 0 Å². The van der Waals surface area contributed by atoms with Crippen molar-refractivity contribution in [1.29, 1.82) is 0 Å². The molecule has 178 valence electrons. The molecule has 0 saturated carbocycles. The largest absolute Gasteiger partial charge is 0.493 e. The van der Waals surface area contributed by atoms with Crippen LogP contribution in [-0.4, -0.2) is 73.3 Å². The lowest BCUT2D eigenvalue weighted by atomic mass is 10.2. The van der Waals surface area contributed by atoms with E-state index in [9.17, 15) is 9.59 Å². The lowest BCUT2D eigenvalue weighted by Crippen LogP contribution is -2.43. The molecule has 0 aromatic heterocycles. The van der Waals surface area contributed by atoms with Crippen LogP contribution in [0, 0.1) is 0 Å². The number of hydrogen-bond acceptors (Lipinski definition) is 7. The maximum Gasteiger partial charge on any atom is 0.266 e. The molecule has 2 aliphatic rings. The van der Waals surface area contributed by atoms with Gasteiger partial charge in [0.1, 0.15) is 0 Å². The Labute approximate surface area is 203 Å². The average molecular weight is 482 g/mol. The zero-order valence-electron chi connectivity index (χ0n) is 19.2. The zero-order chi connectivity index (χ0) is 23.9. The standard InChI is InChI=1S/C25H27N3O5S/c1-3-28-24(30)22(34-25(28)26-19-7-5-4-6-8-19)16-18-9-10-20(21(15-18)31-2)33-17-23(29)27-11-13-32-14-12-27/h4-10,15-16H,3,11-14,17H2,1-2H3. The van der Waals surface area contributed by atoms with Crippen molar-refractivity contribution in [3.05, 3.63) is 59.0 Å². The van der Waals surface area contributed by atoms with E-state index in [4.69, 9.17) is 14.2 Å². The molecular weight excluding hydrogens is 454 g/mol. The van der Waals surface area contributed by atoms with E-state index in [1.807, 2.05) is 49.4 Å². The first kappa shape index (κ1) is 23.8. The van der Waals surface area contributed by atoms with Crippen LogP contribution in [-0.2, 0) is 14.3 Å². The smallest absolute Gasteiger partial charge is 0.266 e. The Morgan fingerprint density at radius 3 is 2.62 bits per heavy atom. The number of methoxy groups -OCH3 is 1. The van der Waals surface area contributed by atoms with Crippen molar-refractivity contribution in [2.24, 2.45) is 4.99 Å². The molecule has 0 spiro atoms. The number of hydrogen-bond donors (Lipinski definition) is 0. The summed E-state index contributed by atoms with van der Waals surface area (Å²) in [6, 6.07) is 14.9. The summed E-state index contributed by atoms with van der Waals surface area (Å²) in [7, 11) is 1.54. The van der Waals surface area contributed by atoms with Crippen LogP contribution in [0.25, 0.3) is 6.08 Å². The van der Waals surface area contributed by atoms with Crippen molar-refractivity contribution in [3.8, 4) is 11.5 Å². The summed E-state index contributed by atoms with van der Waals surface area (Å²) >= 11 is 1.34. The summed E-state index contributed by atoms with van der Waals surface area (Å²) in [4.78, 5) is 33.9. The van der Waals surface area contributed by atoms with Crippen LogP contribution in [0.1, 0.15) is 12.5 Å². The monoisotopic (exact) mass is 481 g/mol. The van der Waals surface area contributed by atoms with Crippen molar-refractivity contribution in [3.63, 3.8) is 0 Å². The lowest BCUT2D eigenvalue weighted by molar-refractivity contribution is -0.137. The fourth-order valence-electron chi connectivity index (χ4n) is 3.57. The van der Waals surface area contributed by atoms with Gasteiger partial charge in [0.2, 0.25) is 0 Å². The van der Waals surface area contributed by atoms with Gasteiger partial charge in [-0.3, -0.25) is 14.5 Å². The molecule has 2 aromatic carbocycles. The number of thioether (sulfide) groups is 1. The molecule has 9 heteroatoms. The van der Waals surface area contributed by atoms with Crippen LogP contribution in [0.15, 0.2) is 58.4 Å². The highest BCUT2D eigenvalue weighted by molar-refractivity contribution is 8.18. The predicted octanol–water partition coefficient (Wildman–Crippen LogP) is 3.56. The minimum Gasteiger partial charge on any atom is -0.493 e. The number of ether oxygens (including phenoxy) is 3. The molecule has 2 heterocycles. The molecule has 0 bridgehead atoms. The van der Waals surface area contributed by atoms with Crippen molar-refractivity contribution in [2.45, 2.75) is 6.92 Å². The molecule has 0 aliphatic carbocycles. The van der Waals surface area contributed by atoms with Gasteiger partial charge in [0, 0.05) is 19.6 Å². The number of likely N-dealkylation sites (N-methyl/N-ethyl adjacent to an activating group) is 1. The molecule has 2 fully saturated rings. The maximum atomic E-state index is 12.9. The van der Waals surface area contributed by atoms with E-state index in [0.717, 1.165) is 11.3 Å². The number of carbonyl (C=O) groups is 2. The highest BCUT2D eigenvalue weighted by atomic mass is 32.2. The number of morpholine rings is 1. The number of benzene rings is 2. The second-order valence-corrected chi connectivity index (χ2v) is 8.59. The van der Waals surface area contributed by atoms with Gasteiger partial charge in [0.05, 0.1) is 30.9 Å². The molecule has 2 amide bonds. The summed E-state index contributed by atoms with van der Waals surface area (Å²) < 4.78 is 16.5. The Balaban J connectivity index is 1.48. The predicted molar refractivity (Wildman–Crippen MR) is 132 cm³/mol. The number of amidine groups is 1. The van der Waals surface area contributed by atoms with Crippen LogP contribution in [0.3, 0.4) is 0 Å². The first-order chi connectivity index (χ1) is 16.6. The Kier molecular flexibility index (Phi) is 7.87. The van der Waals surface area contributed by atoms with Gasteiger partial charge in [-0.15, -0.1) is 0 Å². The van der Waals surface area contributed by atoms with Gasteiger partial charge in [-0.2, -0.15) is 0 Å². The normalized spacial score (nSPS) is 18.6. The Bertz CT molecular complexity index is 1100. The molecule has 4 rings (SSSR count). The quantitative estimate of drug-likeness (QED) is 0.563. The number of aliphatic imine (C=N–C) groups is 1. The molecule has 34 heavy (non-hydrogen) atoms. The lowest BCUT2D eigenvalue weighted by Gasteiger charge is -2.26. The number of amides is 2. The van der Waals surface area contributed by atoms with E-state index < -0.39 is 0 Å². The fourth-order valence-corrected chi connectivity index (χ4v) is 4.63. The highest BCUT2D eigenvalue weighted by Crippen LogP contribution is 2.35. The van der Waals surface area contributed by atoms with E-state index in [2.05, 4.69) is 4.99 Å². The SMILES string of the molecule is CCN1C(=O)C(=Cc2ccc(OCC(=O)N3CCOCC3)c(OC)c2)SC1=Nc1ccccc1. The number of rotatable bonds is 7. The minimum absolute atomic E-state index is 0.0735. The van der Waals surface area contributed by atoms with Crippen LogP contribution in [0.5, 0.6) is 11.5 Å². The van der Waals surface area contributed by atoms with Crippen LogP contribution < -0.4 is 9.47 Å². The van der Waals surface area contributed by atoms with Gasteiger partial charge in [-0.05, 0) is 54.6 Å². The maximum absolute atomic E-state index is 12.9. The minimum atomic E-state index is -0.0885. The highest BCUT2D eigenvalue weighted by Gasteiger charge is 2.32. The van der Waals surface area contributed by atoms with Crippen LogP contribution in [0.4, 0.5) is 5.69 Å². The van der Waals surface area contributed by atoms with Crippen molar-refractivity contribution < 1.29 is 23.8 Å². The summed E-state index contributed by atoms with van der Waals surface area (Å²) in [5, 5.41) is 0.651. The molecule has 2 saturated heterocycles. The fraction of sp³-hybridized carbons (Fsp3) is 0.320. The molecule has 0 unspecified atom stereocenters. The summed E-state index contributed by atoms with van der Waals surface area (Å²) in [6.07, 6.45) is 1.81. The van der Waals surface area contributed by atoms with Crippen molar-refractivity contribution in [2.75, 3.05) is 46.6 Å². The third-order valence-corrected chi connectivity index (χ3v) is 6.39. The summed E-state index contributed by atoms with van der Waals surface area (Å²) in [6.45, 7) is 4.61. The Morgan fingerprint density at radius 2 is 1.91 bits per heavy atom. The molecule has 2 aliphatic heterocycles. The van der Waals surface area contributed by atoms with Gasteiger partial charge in [-0.1, -0.05) is 24.3 Å². The number of carbonyl (C=O) groups excluding carboxylic acids is 2. The first-order valence-electron chi connectivity index (χ1n) is 11.1. The second-order valence-electron chi connectivity index (χ2n) is 7.58. The van der Waals surface area contributed by atoms with E-state index in [0.29, 0.717) is 54.4 Å². The van der Waals surface area contributed by atoms with Gasteiger partial charge in [-0.25, -0.2) is 4.99 Å². The van der Waals surface area contributed by atoms with E-state index in [1.165, 1.54) is 11.8 Å². The average Bonchev–Trinajstić information content (AvgIpc) is 3.17. The van der Waals surface area contributed by atoms with E-state index in [-0.39, 0.29) is 18.4 Å². The Hall–Kier alpha value is -3.30. The van der Waals surface area contributed by atoms with E-state index in [1.54, 1.807) is 29.0 Å². The van der Waals surface area contributed by atoms with Crippen LogP contribution >= 0.6 is 11.8 Å². The number of para-hydroxylation sites is 1. The third kappa shape index (κ3) is 5.60.